The predicted octanol–water partition coefficient (Wildman–Crippen LogP) is 5.46. The number of nitrogens with zero attached hydrogens (tertiary/aromatic N) is 3. The van der Waals surface area contributed by atoms with Crippen molar-refractivity contribution in [3.8, 4) is 28.5 Å². The Morgan fingerprint density at radius 1 is 0.736 bits per heavy atom. The highest BCUT2D eigenvalue weighted by Crippen LogP contribution is 2.40. The number of carboxylic acid groups (broad SMARTS) is 4. The van der Waals surface area contributed by atoms with Crippen LogP contribution in [0.3, 0.4) is 0 Å². The number of aromatic nitrogens is 1. The lowest BCUT2D eigenvalue weighted by Crippen LogP contribution is -2.46. The third-order valence-corrected chi connectivity index (χ3v) is 7.67. The van der Waals surface area contributed by atoms with Crippen LogP contribution in [0.2, 0.25) is 5.02 Å². The molecule has 3 aromatic rings. The number of benzene rings is 2. The maximum absolute atomic E-state index is 9.55. The second-order valence-corrected chi connectivity index (χ2v) is 11.6. The SMILES string of the molecule is COc1cc(-c2cc(CN3CCN(CCCC=Cc4ccc(Cl)cc4)CC3)ccn2)cc(OC)c1OC.O=C(O)C=CC(=O)O.O=C(O)C=CC(=O)O. The molecule has 1 fully saturated rings. The van der Waals surface area contributed by atoms with E-state index < -0.39 is 23.9 Å². The van der Waals surface area contributed by atoms with Crippen molar-refractivity contribution in [3.63, 3.8) is 0 Å². The van der Waals surface area contributed by atoms with Crippen molar-refractivity contribution in [1.82, 2.24) is 14.8 Å². The lowest BCUT2D eigenvalue weighted by atomic mass is 10.1. The molecule has 1 aliphatic rings. The van der Waals surface area contributed by atoms with E-state index in [0.29, 0.717) is 41.6 Å². The number of unbranched alkanes of at least 4 members (excludes halogenated alkanes) is 1. The first-order chi connectivity index (χ1) is 25.3. The Hall–Kier alpha value is -5.70. The van der Waals surface area contributed by atoms with Crippen LogP contribution in [0, 0.1) is 0 Å². The fraction of sp³-hybridized carbons (Fsp3) is 0.289. The van der Waals surface area contributed by atoms with Crippen molar-refractivity contribution in [2.75, 3.05) is 54.1 Å². The molecule has 0 radical (unpaired) electrons. The Labute approximate surface area is 312 Å². The van der Waals surface area contributed by atoms with Crippen molar-refractivity contribution in [1.29, 1.82) is 0 Å². The van der Waals surface area contributed by atoms with Gasteiger partial charge in [-0.15, -0.1) is 0 Å². The molecule has 0 unspecified atom stereocenters. The fourth-order valence-electron chi connectivity index (χ4n) is 4.90. The molecule has 0 aliphatic carbocycles. The first kappa shape index (κ1) is 43.5. The largest absolute Gasteiger partial charge is 0.493 e. The van der Waals surface area contributed by atoms with E-state index in [0.717, 1.165) is 62.0 Å². The van der Waals surface area contributed by atoms with E-state index in [1.165, 1.54) is 17.5 Å². The first-order valence-corrected chi connectivity index (χ1v) is 16.6. The molecule has 0 saturated carbocycles. The molecule has 0 spiro atoms. The summed E-state index contributed by atoms with van der Waals surface area (Å²) in [5.74, 6) is -3.19. The highest BCUT2D eigenvalue weighted by molar-refractivity contribution is 6.30. The monoisotopic (exact) mass is 753 g/mol. The van der Waals surface area contributed by atoms with Crippen molar-refractivity contribution in [2.24, 2.45) is 0 Å². The number of pyridine rings is 1. The van der Waals surface area contributed by atoms with E-state index in [1.54, 1.807) is 21.3 Å². The van der Waals surface area contributed by atoms with Crippen molar-refractivity contribution in [2.45, 2.75) is 19.4 Å². The normalized spacial score (nSPS) is 13.1. The van der Waals surface area contributed by atoms with Crippen LogP contribution in [-0.4, -0.2) is 113 Å². The Kier molecular flexibility index (Phi) is 19.4. The van der Waals surface area contributed by atoms with E-state index in [1.807, 2.05) is 30.5 Å². The summed E-state index contributed by atoms with van der Waals surface area (Å²) < 4.78 is 16.5. The first-order valence-electron chi connectivity index (χ1n) is 16.2. The van der Waals surface area contributed by atoms with Crippen LogP contribution in [0.4, 0.5) is 0 Å². The minimum atomic E-state index is -1.26. The quantitative estimate of drug-likeness (QED) is 0.113. The van der Waals surface area contributed by atoms with Gasteiger partial charge in [0, 0.05) is 73.8 Å². The van der Waals surface area contributed by atoms with Gasteiger partial charge in [0.15, 0.2) is 11.5 Å². The predicted molar refractivity (Wildman–Crippen MR) is 200 cm³/mol. The van der Waals surface area contributed by atoms with E-state index in [9.17, 15) is 19.2 Å². The fourth-order valence-corrected chi connectivity index (χ4v) is 5.03. The zero-order valence-electron chi connectivity index (χ0n) is 29.7. The highest BCUT2D eigenvalue weighted by atomic mass is 35.5. The standard InChI is InChI=1S/C30H36ClN3O3.2C4H4O4/c1-35-28-20-25(21-29(36-2)30(28)37-3)27-19-24(12-13-32-27)22-34-17-15-33(16-18-34)14-6-4-5-7-23-8-10-26(31)11-9-23;2*5-3(6)1-2-4(7)8/h5,7-13,19-21H,4,6,14-18,22H2,1-3H3;2*1-2H,(H,5,6)(H,7,8). The molecular weight excluding hydrogens is 710 g/mol. The number of carboxylic acids is 4. The van der Waals surface area contributed by atoms with E-state index in [-0.39, 0.29) is 0 Å². The van der Waals surface area contributed by atoms with E-state index >= 15 is 0 Å². The van der Waals surface area contributed by atoms with Crippen molar-refractivity contribution in [3.05, 3.63) is 101 Å². The lowest BCUT2D eigenvalue weighted by molar-refractivity contribution is -0.134. The van der Waals surface area contributed by atoms with E-state index in [2.05, 4.69) is 51.2 Å². The molecular formula is C38H44ClN3O11. The maximum Gasteiger partial charge on any atom is 0.328 e. The third kappa shape index (κ3) is 17.4. The van der Waals surface area contributed by atoms with Gasteiger partial charge in [0.25, 0.3) is 0 Å². The van der Waals surface area contributed by atoms with Gasteiger partial charge in [-0.05, 0) is 66.9 Å². The molecule has 1 aliphatic heterocycles. The smallest absolute Gasteiger partial charge is 0.328 e. The van der Waals surface area contributed by atoms with Crippen LogP contribution >= 0.6 is 11.6 Å². The Balaban J connectivity index is 0.000000506. The van der Waals surface area contributed by atoms with Gasteiger partial charge in [-0.2, -0.15) is 0 Å². The topological polar surface area (TPSA) is 196 Å². The van der Waals surface area contributed by atoms with Crippen LogP contribution in [-0.2, 0) is 25.7 Å². The molecule has 4 rings (SSSR count). The summed E-state index contributed by atoms with van der Waals surface area (Å²) in [6.45, 7) is 6.40. The van der Waals surface area contributed by atoms with Gasteiger partial charge < -0.3 is 39.5 Å². The number of hydrogen-bond acceptors (Lipinski definition) is 10. The Bertz CT molecular complexity index is 1640. The number of methoxy groups -OCH3 is 3. The van der Waals surface area contributed by atoms with Gasteiger partial charge in [0.1, 0.15) is 0 Å². The molecule has 2 heterocycles. The van der Waals surface area contributed by atoms with Gasteiger partial charge in [-0.1, -0.05) is 35.9 Å². The summed E-state index contributed by atoms with van der Waals surface area (Å²) in [4.78, 5) is 47.9. The zero-order chi connectivity index (χ0) is 39.2. The summed E-state index contributed by atoms with van der Waals surface area (Å²) in [5, 5.41) is 32.0. The van der Waals surface area contributed by atoms with Crippen LogP contribution in [0.1, 0.15) is 24.0 Å². The Morgan fingerprint density at radius 2 is 1.25 bits per heavy atom. The summed E-state index contributed by atoms with van der Waals surface area (Å²) in [6, 6.07) is 16.1. The third-order valence-electron chi connectivity index (χ3n) is 7.42. The summed E-state index contributed by atoms with van der Waals surface area (Å²) in [6.07, 6.45) is 10.8. The van der Waals surface area contributed by atoms with Crippen LogP contribution in [0.15, 0.2) is 85.1 Å². The highest BCUT2D eigenvalue weighted by Gasteiger charge is 2.18. The van der Waals surface area contributed by atoms with Gasteiger partial charge in [0.2, 0.25) is 5.75 Å². The lowest BCUT2D eigenvalue weighted by Gasteiger charge is -2.34. The number of rotatable bonds is 15. The maximum atomic E-state index is 9.55. The van der Waals surface area contributed by atoms with Crippen LogP contribution in [0.25, 0.3) is 17.3 Å². The molecule has 2 aromatic carbocycles. The molecule has 4 N–H and O–H groups in total. The molecule has 0 atom stereocenters. The summed E-state index contributed by atoms with van der Waals surface area (Å²) >= 11 is 5.95. The average Bonchev–Trinajstić information content (AvgIpc) is 3.14. The number of carbonyl (C=O) groups is 4. The number of aliphatic carboxylic acids is 4. The molecule has 284 valence electrons. The number of halogens is 1. The molecule has 14 nitrogen and oxygen atoms in total. The van der Waals surface area contributed by atoms with Gasteiger partial charge >= 0.3 is 23.9 Å². The number of ether oxygens (including phenoxy) is 3. The Morgan fingerprint density at radius 3 is 1.72 bits per heavy atom. The molecule has 1 aromatic heterocycles. The molecule has 15 heteroatoms. The average molecular weight is 754 g/mol. The van der Waals surface area contributed by atoms with Gasteiger partial charge in [-0.3, -0.25) is 9.88 Å². The summed E-state index contributed by atoms with van der Waals surface area (Å²) in [7, 11) is 4.87. The second-order valence-electron chi connectivity index (χ2n) is 11.2. The number of hydrogen-bond donors (Lipinski definition) is 4. The number of allylic oxidation sites excluding steroid dienone is 1. The van der Waals surface area contributed by atoms with Crippen LogP contribution in [0.5, 0.6) is 17.2 Å². The molecule has 53 heavy (non-hydrogen) atoms. The summed E-state index contributed by atoms with van der Waals surface area (Å²) in [5.41, 5.74) is 4.27. The van der Waals surface area contributed by atoms with Crippen LogP contribution < -0.4 is 14.2 Å². The molecule has 0 bridgehead atoms. The minimum absolute atomic E-state index is 0.558. The van der Waals surface area contributed by atoms with Crippen molar-refractivity contribution >= 4 is 41.6 Å². The van der Waals surface area contributed by atoms with Crippen molar-refractivity contribution < 1.29 is 53.8 Å². The second kappa shape index (κ2) is 23.7. The number of piperazine rings is 1. The molecule has 0 amide bonds. The molecule has 1 saturated heterocycles. The van der Waals surface area contributed by atoms with Gasteiger partial charge in [0.05, 0.1) is 27.0 Å². The minimum Gasteiger partial charge on any atom is -0.493 e. The van der Waals surface area contributed by atoms with E-state index in [4.69, 9.17) is 46.2 Å². The van der Waals surface area contributed by atoms with Gasteiger partial charge in [-0.25, -0.2) is 19.2 Å². The zero-order valence-corrected chi connectivity index (χ0v) is 30.4.